The molecule has 0 aliphatic heterocycles. The van der Waals surface area contributed by atoms with Crippen molar-refractivity contribution >= 4 is 38.0 Å². The minimum absolute atomic E-state index is 0.254. The Bertz CT molecular complexity index is 883. The zero-order valence-corrected chi connectivity index (χ0v) is 12.6. The van der Waals surface area contributed by atoms with Gasteiger partial charge in [0.25, 0.3) is 10.0 Å². The molecule has 0 aliphatic carbocycles. The SMILES string of the molecule is NCc1csc(S(=O)(=O)Nc2cccc3ncccc23)c1. The highest BCUT2D eigenvalue weighted by atomic mass is 32.2. The van der Waals surface area contributed by atoms with Crippen LogP contribution in [-0.2, 0) is 16.6 Å². The lowest BCUT2D eigenvalue weighted by atomic mass is 10.2. The quantitative estimate of drug-likeness (QED) is 0.774. The number of hydrogen-bond acceptors (Lipinski definition) is 5. The normalized spacial score (nSPS) is 11.7. The van der Waals surface area contributed by atoms with Crippen molar-refractivity contribution in [3.8, 4) is 0 Å². The molecule has 3 aromatic rings. The molecule has 7 heteroatoms. The molecule has 1 aromatic carbocycles. The number of anilines is 1. The number of benzene rings is 1. The number of pyridine rings is 1. The van der Waals surface area contributed by atoms with Crippen molar-refractivity contribution in [1.29, 1.82) is 0 Å². The molecule has 0 unspecified atom stereocenters. The second-order valence-corrected chi connectivity index (χ2v) is 7.28. The van der Waals surface area contributed by atoms with E-state index >= 15 is 0 Å². The van der Waals surface area contributed by atoms with Crippen LogP contribution in [0.4, 0.5) is 5.69 Å². The molecule has 21 heavy (non-hydrogen) atoms. The van der Waals surface area contributed by atoms with E-state index in [4.69, 9.17) is 5.73 Å². The first kappa shape index (κ1) is 14.0. The van der Waals surface area contributed by atoms with E-state index in [1.165, 1.54) is 0 Å². The number of rotatable bonds is 4. The van der Waals surface area contributed by atoms with E-state index in [-0.39, 0.29) is 4.21 Å². The van der Waals surface area contributed by atoms with Crippen LogP contribution >= 0.6 is 11.3 Å². The van der Waals surface area contributed by atoms with Crippen LogP contribution in [0.25, 0.3) is 10.9 Å². The van der Waals surface area contributed by atoms with Crippen molar-refractivity contribution in [2.45, 2.75) is 10.8 Å². The van der Waals surface area contributed by atoms with Crippen LogP contribution < -0.4 is 10.5 Å². The summed E-state index contributed by atoms with van der Waals surface area (Å²) in [6, 6.07) is 10.5. The molecule has 0 spiro atoms. The van der Waals surface area contributed by atoms with E-state index in [1.807, 2.05) is 12.1 Å². The summed E-state index contributed by atoms with van der Waals surface area (Å²) in [6.07, 6.45) is 1.67. The van der Waals surface area contributed by atoms with Crippen molar-refractivity contribution in [1.82, 2.24) is 4.98 Å². The molecule has 0 saturated carbocycles. The largest absolute Gasteiger partial charge is 0.326 e. The summed E-state index contributed by atoms with van der Waals surface area (Å²) in [5.74, 6) is 0. The van der Waals surface area contributed by atoms with Gasteiger partial charge in [-0.2, -0.15) is 0 Å². The molecule has 3 rings (SSSR count). The minimum atomic E-state index is -3.61. The number of thiophene rings is 1. The summed E-state index contributed by atoms with van der Waals surface area (Å²) in [6.45, 7) is 0.324. The van der Waals surface area contributed by atoms with E-state index in [0.717, 1.165) is 27.8 Å². The maximum atomic E-state index is 12.4. The van der Waals surface area contributed by atoms with Crippen molar-refractivity contribution in [3.63, 3.8) is 0 Å². The van der Waals surface area contributed by atoms with E-state index in [0.29, 0.717) is 12.2 Å². The lowest BCUT2D eigenvalue weighted by Crippen LogP contribution is -2.11. The lowest BCUT2D eigenvalue weighted by Gasteiger charge is -2.08. The molecule has 108 valence electrons. The van der Waals surface area contributed by atoms with Gasteiger partial charge in [-0.15, -0.1) is 11.3 Å². The van der Waals surface area contributed by atoms with Gasteiger partial charge in [0.15, 0.2) is 0 Å². The van der Waals surface area contributed by atoms with Crippen LogP contribution in [0.1, 0.15) is 5.56 Å². The molecule has 0 fully saturated rings. The van der Waals surface area contributed by atoms with Gasteiger partial charge in [-0.1, -0.05) is 6.07 Å². The smallest absolute Gasteiger partial charge is 0.271 e. The van der Waals surface area contributed by atoms with Crippen molar-refractivity contribution < 1.29 is 8.42 Å². The van der Waals surface area contributed by atoms with Crippen LogP contribution in [0.3, 0.4) is 0 Å². The Morgan fingerprint density at radius 2 is 2.10 bits per heavy atom. The Balaban J connectivity index is 2.01. The van der Waals surface area contributed by atoms with Gasteiger partial charge in [-0.05, 0) is 41.3 Å². The van der Waals surface area contributed by atoms with Gasteiger partial charge in [-0.25, -0.2) is 8.42 Å². The van der Waals surface area contributed by atoms with Gasteiger partial charge in [0, 0.05) is 18.1 Å². The predicted octanol–water partition coefficient (Wildman–Crippen LogP) is 2.56. The second-order valence-electron chi connectivity index (χ2n) is 4.46. The molecule has 5 nitrogen and oxygen atoms in total. The number of nitrogens with two attached hydrogens (primary N) is 1. The second kappa shape index (κ2) is 5.44. The summed E-state index contributed by atoms with van der Waals surface area (Å²) in [5, 5.41) is 2.51. The fourth-order valence-corrected chi connectivity index (χ4v) is 4.29. The van der Waals surface area contributed by atoms with Crippen molar-refractivity contribution in [2.75, 3.05) is 4.72 Å². The maximum absolute atomic E-state index is 12.4. The van der Waals surface area contributed by atoms with Crippen LogP contribution in [0.5, 0.6) is 0 Å². The average Bonchev–Trinajstić information content (AvgIpc) is 2.97. The van der Waals surface area contributed by atoms with Gasteiger partial charge in [0.2, 0.25) is 0 Å². The summed E-state index contributed by atoms with van der Waals surface area (Å²) in [5.41, 5.74) is 7.58. The topological polar surface area (TPSA) is 85.1 Å². The minimum Gasteiger partial charge on any atom is -0.326 e. The predicted molar refractivity (Wildman–Crippen MR) is 84.8 cm³/mol. The fraction of sp³-hybridized carbons (Fsp3) is 0.0714. The van der Waals surface area contributed by atoms with Crippen LogP contribution in [0.2, 0.25) is 0 Å². The first-order valence-electron chi connectivity index (χ1n) is 6.24. The van der Waals surface area contributed by atoms with Crippen LogP contribution in [-0.4, -0.2) is 13.4 Å². The molecule has 0 saturated heterocycles. The number of nitrogens with one attached hydrogen (secondary N) is 1. The zero-order valence-electron chi connectivity index (χ0n) is 11.0. The van der Waals surface area contributed by atoms with Gasteiger partial charge in [-0.3, -0.25) is 9.71 Å². The highest BCUT2D eigenvalue weighted by molar-refractivity contribution is 7.94. The zero-order chi connectivity index (χ0) is 14.9. The third-order valence-electron chi connectivity index (χ3n) is 3.02. The molecule has 0 atom stereocenters. The van der Waals surface area contributed by atoms with Gasteiger partial charge in [0.1, 0.15) is 4.21 Å². The monoisotopic (exact) mass is 319 g/mol. The molecule has 0 bridgehead atoms. The first-order chi connectivity index (χ1) is 10.1. The Morgan fingerprint density at radius 1 is 1.24 bits per heavy atom. The third-order valence-corrected chi connectivity index (χ3v) is 5.87. The Labute approximate surface area is 126 Å². The number of hydrogen-bond donors (Lipinski definition) is 2. The van der Waals surface area contributed by atoms with E-state index in [9.17, 15) is 8.42 Å². The average molecular weight is 319 g/mol. The van der Waals surface area contributed by atoms with Gasteiger partial charge in [0.05, 0.1) is 11.2 Å². The van der Waals surface area contributed by atoms with Crippen LogP contribution in [0.15, 0.2) is 52.2 Å². The number of aromatic nitrogens is 1. The van der Waals surface area contributed by atoms with Gasteiger partial charge >= 0.3 is 0 Å². The Morgan fingerprint density at radius 3 is 2.86 bits per heavy atom. The first-order valence-corrected chi connectivity index (χ1v) is 8.60. The lowest BCUT2D eigenvalue weighted by molar-refractivity contribution is 0.603. The summed E-state index contributed by atoms with van der Waals surface area (Å²) in [7, 11) is -3.61. The molecule has 2 aromatic heterocycles. The fourth-order valence-electron chi connectivity index (χ4n) is 1.99. The van der Waals surface area contributed by atoms with Crippen LogP contribution in [0, 0.1) is 0 Å². The number of sulfonamides is 1. The third kappa shape index (κ3) is 2.76. The van der Waals surface area contributed by atoms with E-state index in [2.05, 4.69) is 9.71 Å². The van der Waals surface area contributed by atoms with E-state index in [1.54, 1.807) is 35.8 Å². The summed E-state index contributed by atoms with van der Waals surface area (Å²) in [4.78, 5) is 4.21. The molecule has 2 heterocycles. The Hall–Kier alpha value is -1.96. The standard InChI is InChI=1S/C14H13N3O2S2/c15-8-10-7-14(20-9-10)21(18,19)17-13-5-1-4-12-11(13)3-2-6-16-12/h1-7,9,17H,8,15H2. The highest BCUT2D eigenvalue weighted by Gasteiger charge is 2.17. The van der Waals surface area contributed by atoms with E-state index < -0.39 is 10.0 Å². The molecular weight excluding hydrogens is 306 g/mol. The maximum Gasteiger partial charge on any atom is 0.271 e. The number of fused-ring (bicyclic) bond motifs is 1. The van der Waals surface area contributed by atoms with Crippen molar-refractivity contribution in [3.05, 3.63) is 53.5 Å². The number of nitrogens with zero attached hydrogens (tertiary/aromatic N) is 1. The molecular formula is C14H13N3O2S2. The van der Waals surface area contributed by atoms with Gasteiger partial charge < -0.3 is 5.73 Å². The summed E-state index contributed by atoms with van der Waals surface area (Å²) < 4.78 is 27.7. The summed E-state index contributed by atoms with van der Waals surface area (Å²) >= 11 is 1.16. The molecule has 0 radical (unpaired) electrons. The molecule has 0 amide bonds. The highest BCUT2D eigenvalue weighted by Crippen LogP contribution is 2.26. The molecule has 3 N–H and O–H groups in total. The van der Waals surface area contributed by atoms with Crippen molar-refractivity contribution in [2.24, 2.45) is 5.73 Å². The molecule has 0 aliphatic rings. The Kier molecular flexibility index (Phi) is 3.62.